The van der Waals surface area contributed by atoms with Gasteiger partial charge < -0.3 is 9.47 Å². The van der Waals surface area contributed by atoms with Gasteiger partial charge in [-0.05, 0) is 38.0 Å². The molecule has 0 amide bonds. The zero-order valence-electron chi connectivity index (χ0n) is 10.2. The van der Waals surface area contributed by atoms with Gasteiger partial charge in [-0.25, -0.2) is 0 Å². The average molecular weight is 277 g/mol. The molecule has 0 spiro atoms. The average Bonchev–Trinajstić information content (AvgIpc) is 2.28. The molecule has 0 radical (unpaired) electrons. The molecule has 0 aromatic heterocycles. The van der Waals surface area contributed by atoms with Crippen molar-refractivity contribution in [3.63, 3.8) is 0 Å². The van der Waals surface area contributed by atoms with E-state index in [2.05, 4.69) is 0 Å². The molecule has 0 saturated heterocycles. The molecule has 1 rings (SSSR count). The van der Waals surface area contributed by atoms with Crippen molar-refractivity contribution < 1.29 is 9.47 Å². The lowest BCUT2D eigenvalue weighted by molar-refractivity contribution is -0.139. The summed E-state index contributed by atoms with van der Waals surface area (Å²) in [5.41, 5.74) is 1.07. The maximum Gasteiger partial charge on any atom is 0.157 e. The number of ether oxygens (including phenoxy) is 2. The van der Waals surface area contributed by atoms with Crippen LogP contribution in [0.5, 0.6) is 0 Å². The van der Waals surface area contributed by atoms with E-state index in [1.165, 1.54) is 0 Å². The summed E-state index contributed by atoms with van der Waals surface area (Å²) in [6, 6.07) is 5.55. The van der Waals surface area contributed by atoms with E-state index in [-0.39, 0.29) is 6.29 Å². The van der Waals surface area contributed by atoms with Crippen molar-refractivity contribution in [1.82, 2.24) is 0 Å². The fraction of sp³-hybridized carbons (Fsp3) is 0.538. The van der Waals surface area contributed by atoms with E-state index in [1.807, 2.05) is 26.0 Å². The molecule has 0 fully saturated rings. The van der Waals surface area contributed by atoms with Crippen molar-refractivity contribution in [3.05, 3.63) is 33.8 Å². The zero-order valence-corrected chi connectivity index (χ0v) is 11.7. The van der Waals surface area contributed by atoms with Gasteiger partial charge >= 0.3 is 0 Å². The molecular weight excluding hydrogens is 259 g/mol. The van der Waals surface area contributed by atoms with Crippen LogP contribution in [0.1, 0.15) is 25.8 Å². The van der Waals surface area contributed by atoms with Gasteiger partial charge in [-0.3, -0.25) is 0 Å². The summed E-state index contributed by atoms with van der Waals surface area (Å²) in [5.74, 6) is 0. The maximum absolute atomic E-state index is 6.10. The van der Waals surface area contributed by atoms with Gasteiger partial charge in [0.15, 0.2) is 6.29 Å². The Bertz CT molecular complexity index is 336. The third-order valence-corrected chi connectivity index (χ3v) is 2.96. The second-order valence-electron chi connectivity index (χ2n) is 3.61. The van der Waals surface area contributed by atoms with Crippen LogP contribution >= 0.6 is 23.2 Å². The molecule has 2 nitrogen and oxygen atoms in total. The molecule has 0 N–H and O–H groups in total. The fourth-order valence-corrected chi connectivity index (χ4v) is 2.09. The van der Waals surface area contributed by atoms with E-state index in [9.17, 15) is 0 Å². The summed E-state index contributed by atoms with van der Waals surface area (Å²) in [7, 11) is 0. The number of aryl methyl sites for hydroxylation is 1. The van der Waals surface area contributed by atoms with Crippen molar-refractivity contribution in [1.29, 1.82) is 0 Å². The number of benzene rings is 1. The van der Waals surface area contributed by atoms with Crippen LogP contribution in [-0.2, 0) is 15.9 Å². The third kappa shape index (κ3) is 5.26. The second kappa shape index (κ2) is 7.93. The minimum absolute atomic E-state index is 0.156. The first-order valence-electron chi connectivity index (χ1n) is 5.84. The summed E-state index contributed by atoms with van der Waals surface area (Å²) in [5, 5.41) is 1.36. The van der Waals surface area contributed by atoms with E-state index >= 15 is 0 Å². The Kier molecular flexibility index (Phi) is 6.90. The molecule has 0 saturated carbocycles. The molecule has 0 bridgehead atoms. The van der Waals surface area contributed by atoms with Crippen LogP contribution in [0.15, 0.2) is 18.2 Å². The van der Waals surface area contributed by atoms with Gasteiger partial charge in [0, 0.05) is 29.7 Å². The molecule has 1 aromatic rings. The maximum atomic E-state index is 6.10. The molecule has 1 aromatic carbocycles. The van der Waals surface area contributed by atoms with Crippen molar-refractivity contribution in [3.8, 4) is 0 Å². The highest BCUT2D eigenvalue weighted by Crippen LogP contribution is 2.22. The third-order valence-electron chi connectivity index (χ3n) is 2.37. The highest BCUT2D eigenvalue weighted by molar-refractivity contribution is 6.35. The topological polar surface area (TPSA) is 18.5 Å². The lowest BCUT2D eigenvalue weighted by Gasteiger charge is -2.17. The van der Waals surface area contributed by atoms with Crippen LogP contribution in [-0.4, -0.2) is 19.5 Å². The summed E-state index contributed by atoms with van der Waals surface area (Å²) in [4.78, 5) is 0. The van der Waals surface area contributed by atoms with Crippen molar-refractivity contribution in [2.75, 3.05) is 13.2 Å². The Balaban J connectivity index is 2.52. The van der Waals surface area contributed by atoms with Crippen LogP contribution in [0, 0.1) is 0 Å². The van der Waals surface area contributed by atoms with Crippen molar-refractivity contribution >= 4 is 23.2 Å². The van der Waals surface area contributed by atoms with Crippen LogP contribution in [0.3, 0.4) is 0 Å². The summed E-state index contributed by atoms with van der Waals surface area (Å²) < 4.78 is 11.0. The molecule has 0 atom stereocenters. The molecule has 0 aliphatic carbocycles. The minimum atomic E-state index is -0.156. The Morgan fingerprint density at radius 1 is 1.12 bits per heavy atom. The van der Waals surface area contributed by atoms with Crippen molar-refractivity contribution in [2.45, 2.75) is 33.0 Å². The molecular formula is C13H18Cl2O2. The molecule has 96 valence electrons. The van der Waals surface area contributed by atoms with Gasteiger partial charge in [0.05, 0.1) is 0 Å². The molecule has 0 unspecified atom stereocenters. The minimum Gasteiger partial charge on any atom is -0.353 e. The van der Waals surface area contributed by atoms with Gasteiger partial charge in [0.1, 0.15) is 0 Å². The van der Waals surface area contributed by atoms with Gasteiger partial charge in [0.25, 0.3) is 0 Å². The Morgan fingerprint density at radius 3 is 2.29 bits per heavy atom. The predicted molar refractivity (Wildman–Crippen MR) is 71.8 cm³/mol. The Morgan fingerprint density at radius 2 is 1.76 bits per heavy atom. The first-order valence-corrected chi connectivity index (χ1v) is 6.60. The Hall–Kier alpha value is -0.280. The van der Waals surface area contributed by atoms with E-state index in [0.29, 0.717) is 23.3 Å². The summed E-state index contributed by atoms with van der Waals surface area (Å²) in [6.45, 7) is 5.22. The lowest BCUT2D eigenvalue weighted by Crippen LogP contribution is -2.18. The molecule has 0 heterocycles. The number of halogens is 2. The smallest absolute Gasteiger partial charge is 0.157 e. The molecule has 4 heteroatoms. The standard InChI is InChI=1S/C13H18Cl2O2/c1-3-16-13(17-4-2)8-6-10-5-7-11(14)9-12(10)15/h5,7,9,13H,3-4,6,8H2,1-2H3. The van der Waals surface area contributed by atoms with E-state index < -0.39 is 0 Å². The van der Waals surface area contributed by atoms with E-state index in [1.54, 1.807) is 6.07 Å². The van der Waals surface area contributed by atoms with Gasteiger partial charge in [-0.15, -0.1) is 0 Å². The largest absolute Gasteiger partial charge is 0.353 e. The predicted octanol–water partition coefficient (Wildman–Crippen LogP) is 4.33. The first kappa shape index (κ1) is 14.8. The van der Waals surface area contributed by atoms with E-state index in [4.69, 9.17) is 32.7 Å². The Labute approximate surface area is 113 Å². The van der Waals surface area contributed by atoms with Crippen LogP contribution in [0.2, 0.25) is 10.0 Å². The van der Waals surface area contributed by atoms with Gasteiger partial charge in [-0.2, -0.15) is 0 Å². The van der Waals surface area contributed by atoms with Crippen LogP contribution < -0.4 is 0 Å². The van der Waals surface area contributed by atoms with Gasteiger partial charge in [-0.1, -0.05) is 29.3 Å². The monoisotopic (exact) mass is 276 g/mol. The highest BCUT2D eigenvalue weighted by Gasteiger charge is 2.09. The zero-order chi connectivity index (χ0) is 12.7. The molecule has 0 aliphatic heterocycles. The summed E-state index contributed by atoms with van der Waals surface area (Å²) in [6.07, 6.45) is 1.46. The normalized spacial score (nSPS) is 11.1. The molecule has 0 aliphatic rings. The fourth-order valence-electron chi connectivity index (χ4n) is 1.58. The number of hydrogen-bond donors (Lipinski definition) is 0. The molecule has 17 heavy (non-hydrogen) atoms. The summed E-state index contributed by atoms with van der Waals surface area (Å²) >= 11 is 11.9. The highest BCUT2D eigenvalue weighted by atomic mass is 35.5. The second-order valence-corrected chi connectivity index (χ2v) is 4.46. The SMILES string of the molecule is CCOC(CCc1ccc(Cl)cc1Cl)OCC. The van der Waals surface area contributed by atoms with Gasteiger partial charge in [0.2, 0.25) is 0 Å². The van der Waals surface area contributed by atoms with Crippen LogP contribution in [0.4, 0.5) is 0 Å². The van der Waals surface area contributed by atoms with Crippen molar-refractivity contribution in [2.24, 2.45) is 0 Å². The lowest BCUT2D eigenvalue weighted by atomic mass is 10.1. The van der Waals surface area contributed by atoms with E-state index in [0.717, 1.165) is 18.4 Å². The van der Waals surface area contributed by atoms with Crippen LogP contribution in [0.25, 0.3) is 0 Å². The number of rotatable bonds is 7. The number of hydrogen-bond acceptors (Lipinski definition) is 2. The first-order chi connectivity index (χ1) is 8.17. The quantitative estimate of drug-likeness (QED) is 0.691.